The summed E-state index contributed by atoms with van der Waals surface area (Å²) in [6, 6.07) is 4.29. The Kier molecular flexibility index (Phi) is 8.70. The largest absolute Gasteiger partial charge is 0.467 e. The van der Waals surface area contributed by atoms with E-state index in [4.69, 9.17) is 9.47 Å². The molecule has 0 unspecified atom stereocenters. The van der Waals surface area contributed by atoms with Gasteiger partial charge in [-0.2, -0.15) is 0 Å². The monoisotopic (exact) mass is 323 g/mol. The van der Waals surface area contributed by atoms with E-state index in [-0.39, 0.29) is 6.79 Å². The van der Waals surface area contributed by atoms with Crippen LogP contribution in [-0.4, -0.2) is 32.0 Å². The highest BCUT2D eigenvalue weighted by molar-refractivity contribution is 7.99. The molecule has 0 spiro atoms. The van der Waals surface area contributed by atoms with Gasteiger partial charge in [-0.3, -0.25) is 0 Å². The van der Waals surface area contributed by atoms with Gasteiger partial charge in [-0.05, 0) is 51.0 Å². The lowest BCUT2D eigenvalue weighted by Gasteiger charge is -2.14. The third-order valence-electron chi connectivity index (χ3n) is 2.86. The molecule has 0 heterocycles. The maximum atomic E-state index is 5.74. The lowest BCUT2D eigenvalue weighted by Crippen LogP contribution is -2.11. The van der Waals surface area contributed by atoms with Crippen LogP contribution in [0.3, 0.4) is 0 Å². The quantitative estimate of drug-likeness (QED) is 0.169. The van der Waals surface area contributed by atoms with Crippen molar-refractivity contribution < 1.29 is 14.3 Å². The topological polar surface area (TPSA) is 40.0 Å². The summed E-state index contributed by atoms with van der Waals surface area (Å²) in [5.41, 5.74) is 3.01. The van der Waals surface area contributed by atoms with E-state index in [0.29, 0.717) is 6.61 Å². The van der Waals surface area contributed by atoms with Gasteiger partial charge < -0.3 is 14.3 Å². The summed E-state index contributed by atoms with van der Waals surface area (Å²) >= 11 is 1.82. The van der Waals surface area contributed by atoms with E-state index < -0.39 is 0 Å². The Morgan fingerprint density at radius 3 is 2.55 bits per heavy atom. The fourth-order valence-electron chi connectivity index (χ4n) is 1.93. The minimum Gasteiger partial charge on any atom is -0.467 e. The van der Waals surface area contributed by atoms with Gasteiger partial charge in [-0.25, -0.2) is 0 Å². The number of hydrogen-bond donors (Lipinski definition) is 0. The molecule has 0 amide bonds. The second kappa shape index (κ2) is 10.3. The van der Waals surface area contributed by atoms with Crippen LogP contribution < -0.4 is 4.74 Å². The van der Waals surface area contributed by atoms with Gasteiger partial charge in [0.15, 0.2) is 6.79 Å². The van der Waals surface area contributed by atoms with Gasteiger partial charge >= 0.3 is 0 Å². The lowest BCUT2D eigenvalue weighted by atomic mass is 10.1. The van der Waals surface area contributed by atoms with E-state index in [2.05, 4.69) is 48.1 Å². The number of aryl methyl sites for hydroxylation is 2. The molecule has 0 saturated heterocycles. The Hall–Kier alpha value is -1.46. The number of rotatable bonds is 9. The predicted molar refractivity (Wildman–Crippen MR) is 93.0 cm³/mol. The molecule has 0 bridgehead atoms. The van der Waals surface area contributed by atoms with Crippen LogP contribution in [-0.2, 0) is 9.57 Å². The van der Waals surface area contributed by atoms with Crippen LogP contribution in [0.2, 0.25) is 0 Å². The maximum absolute atomic E-state index is 5.74. The molecule has 122 valence electrons. The summed E-state index contributed by atoms with van der Waals surface area (Å²) < 4.78 is 11.2. The molecule has 4 nitrogen and oxygen atoms in total. The van der Waals surface area contributed by atoms with Crippen molar-refractivity contribution in [2.24, 2.45) is 5.16 Å². The van der Waals surface area contributed by atoms with E-state index >= 15 is 0 Å². The minimum atomic E-state index is 0.198. The van der Waals surface area contributed by atoms with Crippen LogP contribution in [0.5, 0.6) is 5.75 Å². The molecular formula is C17H25NO3S. The highest BCUT2D eigenvalue weighted by atomic mass is 32.2. The standard InChI is InChI=1S/C17H25NO3S/c1-6-7-8-22-16-9-13(2)17(14(3)10-16)21-12-20-11-15(4)18-19-5/h6-7,9-10H,8,11-12H2,1-5H3/b7-6+,18-15+. The molecule has 0 aliphatic carbocycles. The fourth-order valence-corrected chi connectivity index (χ4v) is 2.94. The molecule has 0 radical (unpaired) electrons. The van der Waals surface area contributed by atoms with Gasteiger partial charge in [0.05, 0.1) is 12.3 Å². The van der Waals surface area contributed by atoms with Crippen molar-refractivity contribution in [2.45, 2.75) is 32.6 Å². The SMILES string of the molecule is C/C=C/CSc1cc(C)c(OCOC/C(C)=N/OC)c(C)c1. The predicted octanol–water partition coefficient (Wildman–Crippen LogP) is 4.35. The van der Waals surface area contributed by atoms with Crippen LogP contribution in [0.15, 0.2) is 34.3 Å². The second-order valence-corrected chi connectivity index (χ2v) is 5.98. The van der Waals surface area contributed by atoms with Gasteiger partial charge in [-0.15, -0.1) is 11.8 Å². The number of thioether (sulfide) groups is 1. The molecule has 0 N–H and O–H groups in total. The molecule has 0 aromatic heterocycles. The van der Waals surface area contributed by atoms with E-state index in [1.54, 1.807) is 0 Å². The van der Waals surface area contributed by atoms with Gasteiger partial charge in [-0.1, -0.05) is 17.3 Å². The van der Waals surface area contributed by atoms with Crippen molar-refractivity contribution in [1.29, 1.82) is 0 Å². The first-order valence-corrected chi connectivity index (χ1v) is 8.19. The van der Waals surface area contributed by atoms with Crippen molar-refractivity contribution in [1.82, 2.24) is 0 Å². The van der Waals surface area contributed by atoms with Crippen LogP contribution in [0, 0.1) is 13.8 Å². The van der Waals surface area contributed by atoms with Crippen molar-refractivity contribution in [3.8, 4) is 5.75 Å². The molecule has 1 rings (SSSR count). The molecule has 22 heavy (non-hydrogen) atoms. The fraction of sp³-hybridized carbons (Fsp3) is 0.471. The molecule has 5 heteroatoms. The zero-order valence-corrected chi connectivity index (χ0v) is 14.8. The molecule has 0 fully saturated rings. The highest BCUT2D eigenvalue weighted by Gasteiger charge is 2.07. The Labute approximate surface area is 137 Å². The van der Waals surface area contributed by atoms with Crippen molar-refractivity contribution in [3.63, 3.8) is 0 Å². The number of ether oxygens (including phenoxy) is 2. The molecule has 0 aliphatic rings. The third-order valence-corrected chi connectivity index (χ3v) is 3.79. The average Bonchev–Trinajstić information content (AvgIpc) is 2.46. The van der Waals surface area contributed by atoms with Gasteiger partial charge in [0.1, 0.15) is 12.9 Å². The number of hydrogen-bond acceptors (Lipinski definition) is 5. The lowest BCUT2D eigenvalue weighted by molar-refractivity contribution is 0.0337. The number of nitrogens with zero attached hydrogens (tertiary/aromatic N) is 1. The molecule has 1 aromatic rings. The van der Waals surface area contributed by atoms with Gasteiger partial charge in [0.25, 0.3) is 0 Å². The molecule has 0 saturated carbocycles. The number of allylic oxidation sites excluding steroid dienone is 1. The van der Waals surface area contributed by atoms with Crippen molar-refractivity contribution >= 4 is 17.5 Å². The smallest absolute Gasteiger partial charge is 0.189 e. The molecular weight excluding hydrogens is 298 g/mol. The van der Waals surface area contributed by atoms with E-state index in [0.717, 1.165) is 28.3 Å². The van der Waals surface area contributed by atoms with E-state index in [1.165, 1.54) is 12.0 Å². The Morgan fingerprint density at radius 2 is 1.95 bits per heavy atom. The van der Waals surface area contributed by atoms with E-state index in [1.807, 2.05) is 25.6 Å². The normalized spacial score (nSPS) is 12.0. The second-order valence-electron chi connectivity index (χ2n) is 4.89. The van der Waals surface area contributed by atoms with Crippen LogP contribution in [0.4, 0.5) is 0 Å². The zero-order chi connectivity index (χ0) is 16.4. The number of oxime groups is 1. The first-order valence-electron chi connectivity index (χ1n) is 7.20. The Bertz CT molecular complexity index is 504. The van der Waals surface area contributed by atoms with Gasteiger partial charge in [0.2, 0.25) is 0 Å². The van der Waals surface area contributed by atoms with Crippen molar-refractivity contribution in [2.75, 3.05) is 26.3 Å². The molecule has 0 atom stereocenters. The Morgan fingerprint density at radius 1 is 1.27 bits per heavy atom. The summed E-state index contributed by atoms with van der Waals surface area (Å²) in [6.45, 7) is 8.58. The average molecular weight is 323 g/mol. The molecule has 1 aromatic carbocycles. The minimum absolute atomic E-state index is 0.198. The highest BCUT2D eigenvalue weighted by Crippen LogP contribution is 2.29. The first-order chi connectivity index (χ1) is 10.6. The Balaban J connectivity index is 2.55. The summed E-state index contributed by atoms with van der Waals surface area (Å²) in [7, 11) is 1.52. The summed E-state index contributed by atoms with van der Waals surface area (Å²) in [4.78, 5) is 5.92. The summed E-state index contributed by atoms with van der Waals surface area (Å²) in [6.07, 6.45) is 4.22. The van der Waals surface area contributed by atoms with Crippen LogP contribution in [0.1, 0.15) is 25.0 Å². The van der Waals surface area contributed by atoms with Crippen molar-refractivity contribution in [3.05, 3.63) is 35.4 Å². The molecule has 0 aliphatic heterocycles. The number of benzene rings is 1. The zero-order valence-electron chi connectivity index (χ0n) is 14.0. The summed E-state index contributed by atoms with van der Waals surface area (Å²) in [5, 5.41) is 3.78. The first kappa shape index (κ1) is 18.6. The van der Waals surface area contributed by atoms with Gasteiger partial charge in [0, 0.05) is 10.6 Å². The van der Waals surface area contributed by atoms with E-state index in [9.17, 15) is 0 Å². The van der Waals surface area contributed by atoms with Crippen LogP contribution in [0.25, 0.3) is 0 Å². The summed E-state index contributed by atoms with van der Waals surface area (Å²) in [5.74, 6) is 1.87. The van der Waals surface area contributed by atoms with Crippen LogP contribution >= 0.6 is 11.8 Å². The maximum Gasteiger partial charge on any atom is 0.189 e. The third kappa shape index (κ3) is 6.54.